The van der Waals surface area contributed by atoms with Crippen LogP contribution in [0.25, 0.3) is 10.9 Å². The van der Waals surface area contributed by atoms with Gasteiger partial charge in [-0.15, -0.1) is 16.9 Å². The maximum atomic E-state index is 13.1. The van der Waals surface area contributed by atoms with Gasteiger partial charge in [0.05, 0.1) is 27.4 Å². The highest BCUT2D eigenvalue weighted by atomic mass is 35.5. The predicted molar refractivity (Wildman–Crippen MR) is 152 cm³/mol. The lowest BCUT2D eigenvalue weighted by Crippen LogP contribution is -2.10. The highest BCUT2D eigenvalue weighted by molar-refractivity contribution is 7.99. The van der Waals surface area contributed by atoms with E-state index in [1.54, 1.807) is 40.6 Å². The lowest BCUT2D eigenvalue weighted by Gasteiger charge is -2.11. The summed E-state index contributed by atoms with van der Waals surface area (Å²) in [6.07, 6.45) is -3.30. The number of anilines is 1. The van der Waals surface area contributed by atoms with Gasteiger partial charge in [-0.2, -0.15) is 13.2 Å². The number of urea groups is 1. The molecular formula is C28H24ClF3N4O4S. The lowest BCUT2D eigenvalue weighted by molar-refractivity contribution is -0.137. The van der Waals surface area contributed by atoms with E-state index >= 15 is 0 Å². The van der Waals surface area contributed by atoms with Crippen molar-refractivity contribution in [3.63, 3.8) is 0 Å². The molecule has 4 rings (SSSR count). The number of aromatic hydroxyl groups is 1. The molecule has 0 atom stereocenters. The fourth-order valence-corrected chi connectivity index (χ4v) is 5.34. The van der Waals surface area contributed by atoms with Crippen LogP contribution >= 0.6 is 23.4 Å². The molecule has 13 heteroatoms. The summed E-state index contributed by atoms with van der Waals surface area (Å²) in [6.45, 7) is 2.41. The average molecular weight is 605 g/mol. The van der Waals surface area contributed by atoms with E-state index in [2.05, 4.69) is 15.5 Å². The van der Waals surface area contributed by atoms with E-state index in [1.807, 2.05) is 25.1 Å². The smallest absolute Gasteiger partial charge is 0.417 e. The third kappa shape index (κ3) is 7.01. The molecule has 8 nitrogen and oxygen atoms in total. The Hall–Kier alpha value is -4.03. The summed E-state index contributed by atoms with van der Waals surface area (Å²) in [5.74, 6) is -0.491. The van der Waals surface area contributed by atoms with Gasteiger partial charge in [0.15, 0.2) is 5.69 Å². The lowest BCUT2D eigenvalue weighted by atomic mass is 10.1. The molecular weight excluding hydrogens is 581 g/mol. The van der Waals surface area contributed by atoms with E-state index < -0.39 is 28.8 Å². The summed E-state index contributed by atoms with van der Waals surface area (Å²) in [6, 6.07) is 14.2. The number of carboxylic acids is 1. The molecule has 0 saturated heterocycles. The highest BCUT2D eigenvalue weighted by Gasteiger charge is 2.34. The molecule has 0 aliphatic rings. The van der Waals surface area contributed by atoms with Gasteiger partial charge in [0.2, 0.25) is 5.88 Å². The maximum Gasteiger partial charge on any atom is 0.417 e. The Bertz CT molecular complexity index is 1620. The number of aromatic nitrogens is 1. The minimum atomic E-state index is -4.70. The van der Waals surface area contributed by atoms with Gasteiger partial charge in [-0.25, -0.2) is 9.59 Å². The zero-order chi connectivity index (χ0) is 29.7. The van der Waals surface area contributed by atoms with E-state index in [-0.39, 0.29) is 22.8 Å². The molecule has 0 saturated carbocycles. The molecule has 0 fully saturated rings. The van der Waals surface area contributed by atoms with Gasteiger partial charge in [-0.3, -0.25) is 0 Å². The SMILES string of the molecule is CCCn1c(O)c(N=NC(=O)Nc2cccc(C(F)(F)F)c2Cl)c2cc(SCCc3ccc(C(=O)O)cc3)ccc21. The van der Waals surface area contributed by atoms with Gasteiger partial charge < -0.3 is 20.1 Å². The Morgan fingerprint density at radius 1 is 1.10 bits per heavy atom. The number of fused-ring (bicyclic) bond motifs is 1. The van der Waals surface area contributed by atoms with E-state index in [9.17, 15) is 27.9 Å². The molecule has 0 spiro atoms. The van der Waals surface area contributed by atoms with Crippen molar-refractivity contribution < 1.29 is 33.0 Å². The number of nitrogens with zero attached hydrogens (tertiary/aromatic N) is 3. The zero-order valence-corrected chi connectivity index (χ0v) is 23.1. The fourth-order valence-electron chi connectivity index (χ4n) is 4.12. The Morgan fingerprint density at radius 3 is 2.49 bits per heavy atom. The van der Waals surface area contributed by atoms with Crippen LogP contribution in [0.15, 0.2) is 75.8 Å². The number of carbonyl (C=O) groups excluding carboxylic acids is 1. The second kappa shape index (κ2) is 12.6. The van der Waals surface area contributed by atoms with Crippen LogP contribution in [0.2, 0.25) is 5.02 Å². The molecule has 0 radical (unpaired) electrons. The molecule has 0 unspecified atom stereocenters. The Morgan fingerprint density at radius 2 is 1.83 bits per heavy atom. The van der Waals surface area contributed by atoms with Crippen LogP contribution in [0.4, 0.5) is 29.3 Å². The molecule has 4 aromatic rings. The molecule has 0 aliphatic carbocycles. The number of carboxylic acid groups (broad SMARTS) is 1. The Kier molecular flexibility index (Phi) is 9.24. The van der Waals surface area contributed by atoms with E-state index in [1.165, 1.54) is 6.07 Å². The minimum Gasteiger partial charge on any atom is -0.493 e. The quantitative estimate of drug-likeness (QED) is 0.130. The first-order valence-electron chi connectivity index (χ1n) is 12.4. The van der Waals surface area contributed by atoms with Crippen molar-refractivity contribution in [3.8, 4) is 5.88 Å². The number of benzene rings is 3. The van der Waals surface area contributed by atoms with Crippen molar-refractivity contribution in [1.29, 1.82) is 0 Å². The van der Waals surface area contributed by atoms with Crippen molar-refractivity contribution in [2.45, 2.75) is 37.4 Å². The van der Waals surface area contributed by atoms with E-state index in [4.69, 9.17) is 16.7 Å². The molecule has 1 heterocycles. The Labute approximate surface area is 241 Å². The number of azo groups is 1. The average Bonchev–Trinajstić information content (AvgIpc) is 3.18. The third-order valence-electron chi connectivity index (χ3n) is 6.08. The van der Waals surface area contributed by atoms with Gasteiger partial charge in [0, 0.05) is 22.6 Å². The first-order valence-corrected chi connectivity index (χ1v) is 13.7. The fraction of sp³-hybridized carbons (Fsp3) is 0.214. The van der Waals surface area contributed by atoms with Gasteiger partial charge >= 0.3 is 18.2 Å². The molecule has 0 aliphatic heterocycles. The van der Waals surface area contributed by atoms with Gasteiger partial charge in [0.25, 0.3) is 0 Å². The number of thioether (sulfide) groups is 1. The largest absolute Gasteiger partial charge is 0.493 e. The van der Waals surface area contributed by atoms with E-state index in [0.29, 0.717) is 36.0 Å². The Balaban J connectivity index is 1.54. The van der Waals surface area contributed by atoms with Gasteiger partial charge in [0.1, 0.15) is 0 Å². The number of rotatable bonds is 9. The molecule has 0 bridgehead atoms. The molecule has 3 aromatic carbocycles. The van der Waals surface area contributed by atoms with Crippen molar-refractivity contribution in [3.05, 3.63) is 82.4 Å². The molecule has 1 aromatic heterocycles. The van der Waals surface area contributed by atoms with Crippen LogP contribution in [-0.2, 0) is 19.1 Å². The number of hydrogen-bond acceptors (Lipinski definition) is 5. The highest BCUT2D eigenvalue weighted by Crippen LogP contribution is 2.41. The normalized spacial score (nSPS) is 11.8. The first kappa shape index (κ1) is 29.9. The van der Waals surface area contributed by atoms with Crippen LogP contribution < -0.4 is 5.32 Å². The van der Waals surface area contributed by atoms with Crippen LogP contribution in [0.5, 0.6) is 5.88 Å². The number of amides is 2. The number of aromatic carboxylic acids is 1. The molecule has 2 amide bonds. The monoisotopic (exact) mass is 604 g/mol. The number of hydrogen-bond donors (Lipinski definition) is 3. The van der Waals surface area contributed by atoms with Gasteiger partial charge in [-0.1, -0.05) is 41.8 Å². The predicted octanol–water partition coefficient (Wildman–Crippen LogP) is 8.78. The van der Waals surface area contributed by atoms with Crippen LogP contribution in [0, 0.1) is 0 Å². The number of halogens is 4. The van der Waals surface area contributed by atoms with E-state index in [0.717, 1.165) is 22.6 Å². The standard InChI is InChI=1S/C28H24ClF3N4O4S/c1-2-13-36-22-11-10-18(41-14-12-16-6-8-17(9-7-16)26(38)39)15-19(22)24(25(36)37)34-35-27(40)33-21-5-3-4-20(23(21)29)28(30,31)32/h3-11,15,37H,2,12-14H2,1H3,(H,33,40)(H,38,39). The topological polar surface area (TPSA) is 116 Å². The summed E-state index contributed by atoms with van der Waals surface area (Å²) in [7, 11) is 0. The van der Waals surface area contributed by atoms with Crippen molar-refractivity contribution in [2.24, 2.45) is 10.2 Å². The van der Waals surface area contributed by atoms with Crippen LogP contribution in [0.1, 0.15) is 34.8 Å². The number of nitrogens with one attached hydrogen (secondary N) is 1. The summed E-state index contributed by atoms with van der Waals surface area (Å²) in [5.41, 5.74) is 0.544. The molecule has 3 N–H and O–H groups in total. The third-order valence-corrected chi connectivity index (χ3v) is 7.48. The summed E-state index contributed by atoms with van der Waals surface area (Å²) >= 11 is 7.38. The number of carbonyl (C=O) groups is 2. The van der Waals surface area contributed by atoms with Crippen LogP contribution in [-0.4, -0.2) is 32.5 Å². The van der Waals surface area contributed by atoms with Gasteiger partial charge in [-0.05, 0) is 60.9 Å². The number of aryl methyl sites for hydroxylation is 2. The summed E-state index contributed by atoms with van der Waals surface area (Å²) < 4.78 is 41.1. The molecule has 41 heavy (non-hydrogen) atoms. The zero-order valence-electron chi connectivity index (χ0n) is 21.6. The molecule has 214 valence electrons. The maximum absolute atomic E-state index is 13.1. The van der Waals surface area contributed by atoms with Crippen molar-refractivity contribution in [2.75, 3.05) is 11.1 Å². The summed E-state index contributed by atoms with van der Waals surface area (Å²) in [5, 5.41) is 29.5. The second-order valence-corrected chi connectivity index (χ2v) is 10.4. The summed E-state index contributed by atoms with van der Waals surface area (Å²) in [4.78, 5) is 24.3. The van der Waals surface area contributed by atoms with Crippen molar-refractivity contribution in [1.82, 2.24) is 4.57 Å². The van der Waals surface area contributed by atoms with Crippen LogP contribution in [0.3, 0.4) is 0 Å². The first-order chi connectivity index (χ1) is 19.5. The number of alkyl halides is 3. The second-order valence-electron chi connectivity index (χ2n) is 8.90. The minimum absolute atomic E-state index is 0.0467. The van der Waals surface area contributed by atoms with Crippen molar-refractivity contribution >= 4 is 57.6 Å².